The van der Waals surface area contributed by atoms with Crippen LogP contribution in [0.25, 0.3) is 0 Å². The highest BCUT2D eigenvalue weighted by molar-refractivity contribution is 8.00. The largest absolute Gasteiger partial charge is 0.458 e. The maximum absolute atomic E-state index is 12.0. The van der Waals surface area contributed by atoms with Gasteiger partial charge in [-0.3, -0.25) is 4.79 Å². The highest BCUT2D eigenvalue weighted by Gasteiger charge is 2.29. The minimum atomic E-state index is -0.584. The quantitative estimate of drug-likeness (QED) is 0.764. The fraction of sp³-hybridized carbons (Fsp3) is 0.857. The average molecular weight is 289 g/mol. The third-order valence-corrected chi connectivity index (χ3v) is 3.29. The minimum absolute atomic E-state index is 0.00264. The maximum Gasteiger partial charge on any atom is 0.329 e. The average Bonchev–Trinajstić information content (AvgIpc) is 2.19. The van der Waals surface area contributed by atoms with Gasteiger partial charge < -0.3 is 10.1 Å². The number of amides is 1. The predicted octanol–water partition coefficient (Wildman–Crippen LogP) is 2.61. The topological polar surface area (TPSA) is 55.4 Å². The highest BCUT2D eigenvalue weighted by atomic mass is 32.2. The molecule has 0 aliphatic rings. The monoisotopic (exact) mass is 289 g/mol. The summed E-state index contributed by atoms with van der Waals surface area (Å²) in [5, 5.41) is 3.15. The second-order valence-corrected chi connectivity index (χ2v) is 7.75. The number of hydrogen-bond acceptors (Lipinski definition) is 4. The number of esters is 1. The molecule has 4 nitrogen and oxygen atoms in total. The van der Waals surface area contributed by atoms with Gasteiger partial charge in [-0.15, -0.1) is 11.8 Å². The van der Waals surface area contributed by atoms with Crippen LogP contribution in [-0.2, 0) is 14.3 Å². The van der Waals surface area contributed by atoms with Crippen molar-refractivity contribution in [3.63, 3.8) is 0 Å². The second-order valence-electron chi connectivity index (χ2n) is 6.18. The van der Waals surface area contributed by atoms with E-state index < -0.39 is 11.6 Å². The van der Waals surface area contributed by atoms with Gasteiger partial charge in [0.05, 0.1) is 5.75 Å². The Kier molecular flexibility index (Phi) is 7.49. The van der Waals surface area contributed by atoms with Crippen LogP contribution >= 0.6 is 11.8 Å². The molecule has 0 aromatic rings. The van der Waals surface area contributed by atoms with Crippen molar-refractivity contribution in [2.45, 2.75) is 65.4 Å². The molecule has 0 saturated carbocycles. The first-order valence-electron chi connectivity index (χ1n) is 6.66. The summed E-state index contributed by atoms with van der Waals surface area (Å²) in [5.41, 5.74) is -0.540. The summed E-state index contributed by atoms with van der Waals surface area (Å²) in [6, 6.07) is -0.584. The smallest absolute Gasteiger partial charge is 0.329 e. The van der Waals surface area contributed by atoms with Crippen LogP contribution in [0.15, 0.2) is 0 Å². The van der Waals surface area contributed by atoms with Crippen LogP contribution in [-0.4, -0.2) is 34.5 Å². The third-order valence-electron chi connectivity index (χ3n) is 2.19. The third kappa shape index (κ3) is 8.92. The number of nitrogens with one attached hydrogen (secondary N) is 1. The van der Waals surface area contributed by atoms with Crippen LogP contribution in [0.3, 0.4) is 0 Å². The van der Waals surface area contributed by atoms with Gasteiger partial charge >= 0.3 is 5.97 Å². The summed E-state index contributed by atoms with van der Waals surface area (Å²) in [7, 11) is 0. The molecule has 0 fully saturated rings. The molecule has 0 rings (SSSR count). The molecule has 0 heterocycles. The Hall–Kier alpha value is -0.710. The van der Waals surface area contributed by atoms with Crippen molar-refractivity contribution in [1.82, 2.24) is 5.32 Å². The standard InChI is InChI=1S/C14H27NO3S/c1-9(2)12(13(17)18-14(5,6)7)15-11(16)8-19-10(3)4/h9-10,12H,8H2,1-7H3,(H,15,16)/t12-/m0/s1. The van der Waals surface area contributed by atoms with Gasteiger partial charge in [-0.2, -0.15) is 0 Å². The Balaban J connectivity index is 4.49. The van der Waals surface area contributed by atoms with Crippen molar-refractivity contribution >= 4 is 23.6 Å². The van der Waals surface area contributed by atoms with Crippen LogP contribution in [0.2, 0.25) is 0 Å². The van der Waals surface area contributed by atoms with Crippen LogP contribution in [0.5, 0.6) is 0 Å². The molecule has 1 amide bonds. The van der Waals surface area contributed by atoms with E-state index in [0.717, 1.165) is 0 Å². The van der Waals surface area contributed by atoms with Crippen LogP contribution in [0, 0.1) is 5.92 Å². The van der Waals surface area contributed by atoms with E-state index >= 15 is 0 Å². The fourth-order valence-corrected chi connectivity index (χ4v) is 1.89. The number of carbonyl (C=O) groups excluding carboxylic acids is 2. The van der Waals surface area contributed by atoms with Crippen molar-refractivity contribution in [2.24, 2.45) is 5.92 Å². The first-order valence-corrected chi connectivity index (χ1v) is 7.71. The molecular formula is C14H27NO3S. The molecule has 0 saturated heterocycles. The molecule has 0 radical (unpaired) electrons. The Bertz CT molecular complexity index is 308. The molecule has 0 aliphatic heterocycles. The maximum atomic E-state index is 12.0. The van der Waals surface area contributed by atoms with Crippen molar-refractivity contribution < 1.29 is 14.3 Å². The zero-order valence-electron chi connectivity index (χ0n) is 13.1. The fourth-order valence-electron chi connectivity index (χ4n) is 1.32. The zero-order chi connectivity index (χ0) is 15.2. The Morgan fingerprint density at radius 3 is 2.05 bits per heavy atom. The van der Waals surface area contributed by atoms with Gasteiger partial charge in [0, 0.05) is 0 Å². The Labute approximate surface area is 121 Å². The summed E-state index contributed by atoms with van der Waals surface area (Å²) >= 11 is 1.55. The van der Waals surface area contributed by atoms with Crippen molar-refractivity contribution in [3.05, 3.63) is 0 Å². The van der Waals surface area contributed by atoms with E-state index in [4.69, 9.17) is 4.74 Å². The molecule has 5 heteroatoms. The van der Waals surface area contributed by atoms with E-state index in [1.54, 1.807) is 11.8 Å². The van der Waals surface area contributed by atoms with E-state index in [9.17, 15) is 9.59 Å². The van der Waals surface area contributed by atoms with E-state index in [-0.39, 0.29) is 17.8 Å². The number of rotatable bonds is 6. The lowest BCUT2D eigenvalue weighted by Gasteiger charge is -2.26. The molecule has 19 heavy (non-hydrogen) atoms. The molecule has 1 N–H and O–H groups in total. The van der Waals surface area contributed by atoms with Gasteiger partial charge in [-0.1, -0.05) is 27.7 Å². The number of hydrogen-bond donors (Lipinski definition) is 1. The van der Waals surface area contributed by atoms with Gasteiger partial charge in [0.1, 0.15) is 11.6 Å². The van der Waals surface area contributed by atoms with E-state index in [1.165, 1.54) is 0 Å². The SMILES string of the molecule is CC(C)SCC(=O)N[C@H](C(=O)OC(C)(C)C)C(C)C. The van der Waals surface area contributed by atoms with Crippen molar-refractivity contribution in [1.29, 1.82) is 0 Å². The number of carbonyl (C=O) groups is 2. The Morgan fingerprint density at radius 2 is 1.68 bits per heavy atom. The molecule has 0 aliphatic carbocycles. The van der Waals surface area contributed by atoms with E-state index in [0.29, 0.717) is 11.0 Å². The Morgan fingerprint density at radius 1 is 1.16 bits per heavy atom. The van der Waals surface area contributed by atoms with E-state index in [2.05, 4.69) is 5.32 Å². The van der Waals surface area contributed by atoms with Crippen LogP contribution < -0.4 is 5.32 Å². The van der Waals surface area contributed by atoms with Crippen molar-refractivity contribution in [2.75, 3.05) is 5.75 Å². The van der Waals surface area contributed by atoms with Gasteiger partial charge in [0.2, 0.25) is 5.91 Å². The molecule has 0 aromatic carbocycles. The van der Waals surface area contributed by atoms with Crippen LogP contribution in [0.4, 0.5) is 0 Å². The zero-order valence-corrected chi connectivity index (χ0v) is 13.9. The minimum Gasteiger partial charge on any atom is -0.458 e. The van der Waals surface area contributed by atoms with E-state index in [1.807, 2.05) is 48.5 Å². The van der Waals surface area contributed by atoms with Gasteiger partial charge in [-0.25, -0.2) is 4.79 Å². The molecule has 112 valence electrons. The molecular weight excluding hydrogens is 262 g/mol. The summed E-state index contributed by atoms with van der Waals surface area (Å²) in [6.07, 6.45) is 0. The first kappa shape index (κ1) is 18.3. The lowest BCUT2D eigenvalue weighted by atomic mass is 10.0. The lowest BCUT2D eigenvalue weighted by Crippen LogP contribution is -2.47. The van der Waals surface area contributed by atoms with Crippen molar-refractivity contribution in [3.8, 4) is 0 Å². The molecule has 1 atom stereocenters. The summed E-state index contributed by atoms with van der Waals surface area (Å²) in [6.45, 7) is 13.3. The first-order chi connectivity index (χ1) is 8.53. The van der Waals surface area contributed by atoms with Gasteiger partial charge in [0.15, 0.2) is 0 Å². The lowest BCUT2D eigenvalue weighted by molar-refractivity contribution is -0.159. The van der Waals surface area contributed by atoms with Gasteiger partial charge in [-0.05, 0) is 31.9 Å². The van der Waals surface area contributed by atoms with Gasteiger partial charge in [0.25, 0.3) is 0 Å². The normalized spacial score (nSPS) is 13.5. The molecule has 0 spiro atoms. The highest BCUT2D eigenvalue weighted by Crippen LogP contribution is 2.13. The second kappa shape index (κ2) is 7.78. The van der Waals surface area contributed by atoms with Crippen LogP contribution in [0.1, 0.15) is 48.5 Å². The summed E-state index contributed by atoms with van der Waals surface area (Å²) in [4.78, 5) is 23.8. The number of thioether (sulfide) groups is 1. The molecule has 0 aromatic heterocycles. The summed E-state index contributed by atoms with van der Waals surface area (Å²) < 4.78 is 5.33. The number of ether oxygens (including phenoxy) is 1. The molecule has 0 unspecified atom stereocenters. The predicted molar refractivity (Wildman–Crippen MR) is 80.2 cm³/mol. The summed E-state index contributed by atoms with van der Waals surface area (Å²) in [5.74, 6) is -0.125. The molecule has 0 bridgehead atoms.